The topological polar surface area (TPSA) is 25.2 Å². The van der Waals surface area contributed by atoms with E-state index in [0.717, 1.165) is 11.1 Å². The number of phenolic OH excluding ortho intramolecular Hbond substituents is 1. The van der Waals surface area contributed by atoms with Gasteiger partial charge in [-0.15, -0.1) is 0 Å². The van der Waals surface area contributed by atoms with Crippen LogP contribution in [0.25, 0.3) is 10.9 Å². The highest BCUT2D eigenvalue weighted by Gasteiger charge is 2.07. The number of rotatable bonds is 3. The number of thioether (sulfide) groups is 1. The van der Waals surface area contributed by atoms with Crippen LogP contribution < -0.4 is 0 Å². The fraction of sp³-hybridized carbons (Fsp3) is 0.385. The summed E-state index contributed by atoms with van der Waals surface area (Å²) in [5.41, 5.74) is 2.48. The van der Waals surface area contributed by atoms with Gasteiger partial charge in [0.25, 0.3) is 0 Å². The number of benzene rings is 1. The molecule has 1 N–H and O–H groups in total. The van der Waals surface area contributed by atoms with Gasteiger partial charge >= 0.3 is 0 Å². The molecule has 0 aliphatic rings. The number of aromatic nitrogens is 1. The SMILES string of the molecule is CC(C)SCc1cn(C)c2ccc(O)cc12. The zero-order chi connectivity index (χ0) is 11.7. The molecule has 0 aliphatic heterocycles. The highest BCUT2D eigenvalue weighted by atomic mass is 32.2. The molecule has 0 bridgehead atoms. The minimum absolute atomic E-state index is 0.342. The van der Waals surface area contributed by atoms with E-state index in [2.05, 4.69) is 24.6 Å². The normalized spacial score (nSPS) is 11.5. The second-order valence-corrected chi connectivity index (χ2v) is 5.89. The van der Waals surface area contributed by atoms with Crippen LogP contribution in [0.2, 0.25) is 0 Å². The van der Waals surface area contributed by atoms with Crippen LogP contribution in [0, 0.1) is 0 Å². The van der Waals surface area contributed by atoms with Crippen LogP contribution in [0.4, 0.5) is 0 Å². The minimum Gasteiger partial charge on any atom is -0.508 e. The Balaban J connectivity index is 2.41. The summed E-state index contributed by atoms with van der Waals surface area (Å²) < 4.78 is 2.12. The lowest BCUT2D eigenvalue weighted by Crippen LogP contribution is -1.88. The van der Waals surface area contributed by atoms with Gasteiger partial charge < -0.3 is 9.67 Å². The largest absolute Gasteiger partial charge is 0.508 e. The van der Waals surface area contributed by atoms with E-state index in [1.165, 1.54) is 11.1 Å². The monoisotopic (exact) mass is 235 g/mol. The highest BCUT2D eigenvalue weighted by molar-refractivity contribution is 7.99. The van der Waals surface area contributed by atoms with E-state index >= 15 is 0 Å². The maximum atomic E-state index is 9.53. The van der Waals surface area contributed by atoms with Gasteiger partial charge in [0.1, 0.15) is 5.75 Å². The molecule has 0 saturated carbocycles. The lowest BCUT2D eigenvalue weighted by Gasteiger charge is -2.03. The number of hydrogen-bond acceptors (Lipinski definition) is 2. The maximum Gasteiger partial charge on any atom is 0.116 e. The Morgan fingerprint density at radius 1 is 1.38 bits per heavy atom. The molecule has 86 valence electrons. The van der Waals surface area contributed by atoms with Crippen molar-refractivity contribution < 1.29 is 5.11 Å². The molecule has 0 amide bonds. The summed E-state index contributed by atoms with van der Waals surface area (Å²) in [7, 11) is 2.04. The second kappa shape index (κ2) is 4.42. The molecule has 2 aromatic rings. The van der Waals surface area contributed by atoms with Crippen LogP contribution in [0.15, 0.2) is 24.4 Å². The number of nitrogens with zero attached hydrogens (tertiary/aromatic N) is 1. The molecular formula is C13H17NOS. The number of hydrogen-bond donors (Lipinski definition) is 1. The Labute approximate surface area is 100 Å². The van der Waals surface area contributed by atoms with E-state index in [1.54, 1.807) is 6.07 Å². The Kier molecular flexibility index (Phi) is 3.15. The van der Waals surface area contributed by atoms with Crippen LogP contribution >= 0.6 is 11.8 Å². The van der Waals surface area contributed by atoms with Crippen molar-refractivity contribution in [1.29, 1.82) is 0 Å². The van der Waals surface area contributed by atoms with Crippen LogP contribution in [0.1, 0.15) is 19.4 Å². The predicted octanol–water partition coefficient (Wildman–Crippen LogP) is 3.53. The molecule has 3 heteroatoms. The van der Waals surface area contributed by atoms with Crippen molar-refractivity contribution in [2.75, 3.05) is 0 Å². The fourth-order valence-corrected chi connectivity index (χ4v) is 2.58. The molecule has 1 heterocycles. The van der Waals surface area contributed by atoms with E-state index in [1.807, 2.05) is 30.9 Å². The van der Waals surface area contributed by atoms with Gasteiger partial charge in [0.05, 0.1) is 0 Å². The Bertz CT molecular complexity index is 502. The van der Waals surface area contributed by atoms with Gasteiger partial charge in [-0.25, -0.2) is 0 Å². The standard InChI is InChI=1S/C13H17NOS/c1-9(2)16-8-10-7-14(3)13-5-4-11(15)6-12(10)13/h4-7,9,15H,8H2,1-3H3. The van der Waals surface area contributed by atoms with Gasteiger partial charge in [-0.3, -0.25) is 0 Å². The number of aryl methyl sites for hydroxylation is 1. The summed E-state index contributed by atoms with van der Waals surface area (Å²) in [4.78, 5) is 0. The third kappa shape index (κ3) is 2.19. The number of aromatic hydroxyl groups is 1. The molecule has 2 rings (SSSR count). The van der Waals surface area contributed by atoms with Gasteiger partial charge in [0, 0.05) is 29.9 Å². The first kappa shape index (κ1) is 11.4. The Morgan fingerprint density at radius 2 is 2.12 bits per heavy atom. The summed E-state index contributed by atoms with van der Waals surface area (Å²) >= 11 is 1.92. The average molecular weight is 235 g/mol. The molecule has 16 heavy (non-hydrogen) atoms. The lowest BCUT2D eigenvalue weighted by atomic mass is 10.2. The van der Waals surface area contributed by atoms with Gasteiger partial charge in [-0.1, -0.05) is 13.8 Å². The van der Waals surface area contributed by atoms with Gasteiger partial charge in [0.15, 0.2) is 0 Å². The van der Waals surface area contributed by atoms with Gasteiger partial charge in [0.2, 0.25) is 0 Å². The van der Waals surface area contributed by atoms with Crippen molar-refractivity contribution in [3.8, 4) is 5.75 Å². The summed E-state index contributed by atoms with van der Waals surface area (Å²) in [6.45, 7) is 4.40. The van der Waals surface area contributed by atoms with Crippen LogP contribution in [-0.2, 0) is 12.8 Å². The first-order valence-corrected chi connectivity index (χ1v) is 6.51. The molecule has 0 atom stereocenters. The van der Waals surface area contributed by atoms with Crippen LogP contribution in [0.5, 0.6) is 5.75 Å². The quantitative estimate of drug-likeness (QED) is 0.880. The first-order chi connectivity index (χ1) is 7.58. The van der Waals surface area contributed by atoms with Crippen LogP contribution in [0.3, 0.4) is 0 Å². The molecule has 0 radical (unpaired) electrons. The van der Waals surface area contributed by atoms with Gasteiger partial charge in [-0.2, -0.15) is 11.8 Å². The van der Waals surface area contributed by atoms with Crippen molar-refractivity contribution >= 4 is 22.7 Å². The molecule has 0 spiro atoms. The van der Waals surface area contributed by atoms with Gasteiger partial charge in [-0.05, 0) is 29.0 Å². The Hall–Kier alpha value is -1.09. The number of fused-ring (bicyclic) bond motifs is 1. The van der Waals surface area contributed by atoms with Crippen LogP contribution in [-0.4, -0.2) is 14.9 Å². The molecule has 1 aromatic carbocycles. The second-order valence-electron chi connectivity index (χ2n) is 4.33. The fourth-order valence-electron chi connectivity index (χ4n) is 1.83. The summed E-state index contributed by atoms with van der Waals surface area (Å²) in [5, 5.41) is 11.3. The van der Waals surface area contributed by atoms with Crippen molar-refractivity contribution in [1.82, 2.24) is 4.57 Å². The third-order valence-electron chi connectivity index (χ3n) is 2.63. The maximum absolute atomic E-state index is 9.53. The van der Waals surface area contributed by atoms with Crippen molar-refractivity contribution in [2.24, 2.45) is 7.05 Å². The van der Waals surface area contributed by atoms with E-state index in [4.69, 9.17) is 0 Å². The molecule has 0 aliphatic carbocycles. The van der Waals surface area contributed by atoms with Crippen molar-refractivity contribution in [3.05, 3.63) is 30.0 Å². The van der Waals surface area contributed by atoms with E-state index in [0.29, 0.717) is 11.0 Å². The lowest BCUT2D eigenvalue weighted by molar-refractivity contribution is 0.476. The predicted molar refractivity (Wildman–Crippen MR) is 71.0 cm³/mol. The zero-order valence-corrected chi connectivity index (χ0v) is 10.7. The molecule has 0 saturated heterocycles. The zero-order valence-electron chi connectivity index (χ0n) is 9.90. The molecular weight excluding hydrogens is 218 g/mol. The smallest absolute Gasteiger partial charge is 0.116 e. The highest BCUT2D eigenvalue weighted by Crippen LogP contribution is 2.28. The molecule has 0 unspecified atom stereocenters. The molecule has 0 fully saturated rings. The average Bonchev–Trinajstić information content (AvgIpc) is 2.52. The van der Waals surface area contributed by atoms with E-state index in [-0.39, 0.29) is 0 Å². The molecule has 2 nitrogen and oxygen atoms in total. The summed E-state index contributed by atoms with van der Waals surface area (Å²) in [6, 6.07) is 5.56. The van der Waals surface area contributed by atoms with E-state index in [9.17, 15) is 5.11 Å². The summed E-state index contributed by atoms with van der Waals surface area (Å²) in [6.07, 6.45) is 2.15. The van der Waals surface area contributed by atoms with Crippen molar-refractivity contribution in [3.63, 3.8) is 0 Å². The summed E-state index contributed by atoms with van der Waals surface area (Å²) in [5.74, 6) is 1.34. The third-order valence-corrected chi connectivity index (χ3v) is 3.77. The number of phenols is 1. The minimum atomic E-state index is 0.342. The van der Waals surface area contributed by atoms with Crippen molar-refractivity contribution in [2.45, 2.75) is 24.9 Å². The Morgan fingerprint density at radius 3 is 2.81 bits per heavy atom. The molecule has 1 aromatic heterocycles. The first-order valence-electron chi connectivity index (χ1n) is 5.46. The van der Waals surface area contributed by atoms with E-state index < -0.39 is 0 Å².